The minimum Gasteiger partial charge on any atom is -0.355 e. The number of imidazole rings is 1. The van der Waals surface area contributed by atoms with Gasteiger partial charge in [0.05, 0.1) is 17.4 Å². The molecule has 1 heterocycles. The summed E-state index contributed by atoms with van der Waals surface area (Å²) in [6.45, 7) is 10.9. The number of aliphatic hydroxyl groups excluding tert-OH is 1. The van der Waals surface area contributed by atoms with Crippen LogP contribution in [0.4, 0.5) is 4.39 Å². The fourth-order valence-corrected chi connectivity index (χ4v) is 5.17. The summed E-state index contributed by atoms with van der Waals surface area (Å²) in [6.07, 6.45) is 20.1. The summed E-state index contributed by atoms with van der Waals surface area (Å²) in [6, 6.07) is 6.84. The van der Waals surface area contributed by atoms with Crippen LogP contribution in [-0.4, -0.2) is 19.7 Å². The van der Waals surface area contributed by atoms with Crippen molar-refractivity contribution < 1.29 is 9.50 Å². The largest absolute Gasteiger partial charge is 0.355 e. The summed E-state index contributed by atoms with van der Waals surface area (Å²) in [5, 5.41) is 10.3. The molecule has 5 heteroatoms. The molecule has 180 valence electrons. The molecule has 3 rings (SSSR count). The van der Waals surface area contributed by atoms with Gasteiger partial charge in [0.25, 0.3) is 0 Å². The molecular formula is C29H35FN2OS. The number of aromatic nitrogens is 2. The molecule has 0 amide bonds. The van der Waals surface area contributed by atoms with Crippen molar-refractivity contribution in [2.24, 2.45) is 5.41 Å². The van der Waals surface area contributed by atoms with E-state index in [4.69, 9.17) is 0 Å². The van der Waals surface area contributed by atoms with Crippen LogP contribution in [0.2, 0.25) is 0 Å². The van der Waals surface area contributed by atoms with E-state index >= 15 is 0 Å². The highest BCUT2D eigenvalue weighted by molar-refractivity contribution is 7.98. The number of aliphatic hydroxyl groups is 1. The van der Waals surface area contributed by atoms with E-state index in [-0.39, 0.29) is 16.3 Å². The van der Waals surface area contributed by atoms with Crippen LogP contribution in [0.1, 0.15) is 53.5 Å². The highest BCUT2D eigenvalue weighted by atomic mass is 32.1. The van der Waals surface area contributed by atoms with E-state index in [2.05, 4.69) is 55.5 Å². The minimum absolute atomic E-state index is 0.113. The standard InChI is InChI=1S/C29H35FN2OS/c1-21(9-8-10-22(2)19-28(33)34-27-12-7-6-11-25(27)30)13-14-24-23(3)26(15-16-29(24,4)5)32-18-17-31-20-32/h6-14,17-20,26,33-34H,15-16H2,1-5H3/b10-8+,14-13+,21-9+,22-19-. The van der Waals surface area contributed by atoms with Crippen LogP contribution in [-0.2, 0) is 0 Å². The lowest BCUT2D eigenvalue weighted by atomic mass is 9.71. The van der Waals surface area contributed by atoms with Crippen molar-refractivity contribution in [3.63, 3.8) is 0 Å². The third-order valence-corrected chi connectivity index (χ3v) is 7.22. The summed E-state index contributed by atoms with van der Waals surface area (Å²) < 4.78 is 16.0. The van der Waals surface area contributed by atoms with E-state index < -0.39 is 0 Å². The van der Waals surface area contributed by atoms with Crippen LogP contribution in [0.5, 0.6) is 0 Å². The zero-order chi connectivity index (χ0) is 24.7. The number of benzene rings is 1. The van der Waals surface area contributed by atoms with Crippen LogP contribution in [0, 0.1) is 11.2 Å². The van der Waals surface area contributed by atoms with Gasteiger partial charge in [-0.2, -0.15) is 0 Å². The van der Waals surface area contributed by atoms with Gasteiger partial charge in [0.2, 0.25) is 0 Å². The number of thiol groups is 1. The molecule has 1 aliphatic carbocycles. The Bertz CT molecular complexity index is 1180. The van der Waals surface area contributed by atoms with Gasteiger partial charge in [0.15, 0.2) is 0 Å². The molecule has 1 atom stereocenters. The molecule has 0 spiro atoms. The third-order valence-electron chi connectivity index (χ3n) is 6.26. The van der Waals surface area contributed by atoms with Crippen molar-refractivity contribution in [2.75, 3.05) is 0 Å². The van der Waals surface area contributed by atoms with Crippen molar-refractivity contribution in [1.29, 1.82) is 0 Å². The van der Waals surface area contributed by atoms with Gasteiger partial charge < -0.3 is 9.67 Å². The SMILES string of the molecule is CC1=C(/C=C/C(C)=C/C=C/C(C)=C\C(O)=[SH]c2ccccc2F)C(C)(C)CCC1n1ccnc1. The van der Waals surface area contributed by atoms with Crippen LogP contribution in [0.25, 0.3) is 0 Å². The molecule has 1 N–H and O–H groups in total. The second-order valence-electron chi connectivity index (χ2n) is 9.46. The first-order chi connectivity index (χ1) is 16.2. The van der Waals surface area contributed by atoms with E-state index in [1.165, 1.54) is 17.2 Å². The third kappa shape index (κ3) is 6.87. The second-order valence-corrected chi connectivity index (χ2v) is 10.6. The fraction of sp³-hybridized carbons (Fsp3) is 0.310. The van der Waals surface area contributed by atoms with Gasteiger partial charge in [-0.3, -0.25) is 0 Å². The maximum absolute atomic E-state index is 13.8. The summed E-state index contributed by atoms with van der Waals surface area (Å²) in [5.41, 5.74) is 4.95. The highest BCUT2D eigenvalue weighted by Gasteiger charge is 2.32. The summed E-state index contributed by atoms with van der Waals surface area (Å²) in [4.78, 5) is 4.68. The zero-order valence-electron chi connectivity index (χ0n) is 20.7. The molecule has 3 nitrogen and oxygen atoms in total. The monoisotopic (exact) mass is 478 g/mol. The number of halogens is 1. The number of hydrogen-bond acceptors (Lipinski definition) is 1. The van der Waals surface area contributed by atoms with Crippen LogP contribution in [0.15, 0.2) is 107 Å². The second kappa shape index (κ2) is 11.6. The lowest BCUT2D eigenvalue weighted by Gasteiger charge is -2.37. The first kappa shape index (κ1) is 25.9. The Hall–Kier alpha value is -2.76. The summed E-state index contributed by atoms with van der Waals surface area (Å²) >= 11 is 0.457. The van der Waals surface area contributed by atoms with E-state index in [1.807, 2.05) is 37.8 Å². The van der Waals surface area contributed by atoms with Gasteiger partial charge in [-0.15, -0.1) is 11.4 Å². The molecule has 0 saturated heterocycles. The van der Waals surface area contributed by atoms with Crippen molar-refractivity contribution in [2.45, 2.75) is 58.4 Å². The topological polar surface area (TPSA) is 38.0 Å². The Morgan fingerprint density at radius 3 is 2.68 bits per heavy atom. The van der Waals surface area contributed by atoms with E-state index in [1.54, 1.807) is 24.3 Å². The van der Waals surface area contributed by atoms with E-state index in [0.717, 1.165) is 24.0 Å². The number of rotatable bonds is 7. The molecule has 0 fully saturated rings. The smallest absolute Gasteiger partial charge is 0.136 e. The van der Waals surface area contributed by atoms with Gasteiger partial charge in [0.1, 0.15) is 5.82 Å². The van der Waals surface area contributed by atoms with Gasteiger partial charge in [-0.25, -0.2) is 9.37 Å². The molecule has 1 aromatic heterocycles. The number of allylic oxidation sites excluding steroid dienone is 9. The Balaban J connectivity index is 1.71. The lowest BCUT2D eigenvalue weighted by Crippen LogP contribution is -2.25. The molecule has 1 aliphatic rings. The maximum Gasteiger partial charge on any atom is 0.136 e. The molecule has 0 aliphatic heterocycles. The van der Waals surface area contributed by atoms with Crippen LogP contribution >= 0.6 is 11.4 Å². The minimum atomic E-state index is -0.314. The van der Waals surface area contributed by atoms with E-state index in [0.29, 0.717) is 22.3 Å². The van der Waals surface area contributed by atoms with Crippen LogP contribution < -0.4 is 0 Å². The quantitative estimate of drug-likeness (QED) is 0.184. The predicted octanol–water partition coefficient (Wildman–Crippen LogP) is 7.92. The molecule has 2 aromatic rings. The number of hydrogen-bond donors (Lipinski definition) is 2. The van der Waals surface area contributed by atoms with Gasteiger partial charge in [0, 0.05) is 17.3 Å². The molecule has 0 bridgehead atoms. The Kier molecular flexibility index (Phi) is 8.81. The van der Waals surface area contributed by atoms with Crippen LogP contribution in [0.3, 0.4) is 0 Å². The Labute approximate surface area is 206 Å². The lowest BCUT2D eigenvalue weighted by molar-refractivity contribution is 0.327. The molecule has 0 saturated carbocycles. The van der Waals surface area contributed by atoms with E-state index in [9.17, 15) is 9.50 Å². The fourth-order valence-electron chi connectivity index (χ4n) is 4.32. The van der Waals surface area contributed by atoms with Crippen molar-refractivity contribution in [1.82, 2.24) is 9.55 Å². The molecule has 0 radical (unpaired) electrons. The van der Waals surface area contributed by atoms with Gasteiger partial charge in [-0.1, -0.05) is 61.9 Å². The average Bonchev–Trinajstić information content (AvgIpc) is 3.29. The van der Waals surface area contributed by atoms with Crippen molar-refractivity contribution in [3.8, 4) is 0 Å². The van der Waals surface area contributed by atoms with Gasteiger partial charge >= 0.3 is 0 Å². The van der Waals surface area contributed by atoms with Crippen molar-refractivity contribution >= 4 is 16.4 Å². The zero-order valence-corrected chi connectivity index (χ0v) is 21.6. The predicted molar refractivity (Wildman–Crippen MR) is 144 cm³/mol. The summed E-state index contributed by atoms with van der Waals surface area (Å²) in [5.74, 6) is -0.314. The maximum atomic E-state index is 13.8. The first-order valence-corrected chi connectivity index (χ1v) is 12.5. The molecule has 1 aromatic carbocycles. The Morgan fingerprint density at radius 1 is 1.21 bits per heavy atom. The molecule has 34 heavy (non-hydrogen) atoms. The average molecular weight is 479 g/mol. The highest BCUT2D eigenvalue weighted by Crippen LogP contribution is 2.45. The number of nitrogens with zero attached hydrogens (tertiary/aromatic N) is 2. The summed E-state index contributed by atoms with van der Waals surface area (Å²) in [7, 11) is 0. The van der Waals surface area contributed by atoms with Gasteiger partial charge in [-0.05, 0) is 74.0 Å². The van der Waals surface area contributed by atoms with Crippen molar-refractivity contribution in [3.05, 3.63) is 108 Å². The Morgan fingerprint density at radius 2 is 1.97 bits per heavy atom. The molecule has 1 unspecified atom stereocenters. The molecular weight excluding hydrogens is 443 g/mol. The first-order valence-electron chi connectivity index (χ1n) is 11.6. The normalized spacial score (nSPS) is 20.3.